The number of ether oxygens (including phenoxy) is 1. The first-order valence-electron chi connectivity index (χ1n) is 7.24. The number of ketones is 1. The van der Waals surface area contributed by atoms with Crippen molar-refractivity contribution in [3.8, 4) is 0 Å². The molecular formula is C20H20O2. The van der Waals surface area contributed by atoms with Crippen LogP contribution >= 0.6 is 0 Å². The van der Waals surface area contributed by atoms with E-state index in [2.05, 4.69) is 0 Å². The molecule has 2 nitrogen and oxygen atoms in total. The Morgan fingerprint density at radius 3 is 2.00 bits per heavy atom. The zero-order chi connectivity index (χ0) is 15.8. The summed E-state index contributed by atoms with van der Waals surface area (Å²) in [6.45, 7) is 1.57. The second kappa shape index (κ2) is 8.11. The Kier molecular flexibility index (Phi) is 5.87. The van der Waals surface area contributed by atoms with Crippen LogP contribution in [-0.4, -0.2) is 19.0 Å². The van der Waals surface area contributed by atoms with E-state index in [0.717, 1.165) is 11.1 Å². The number of methoxy groups -OCH3 is 1. The highest BCUT2D eigenvalue weighted by atomic mass is 16.5. The van der Waals surface area contributed by atoms with Gasteiger partial charge in [0, 0.05) is 12.7 Å². The van der Waals surface area contributed by atoms with Crippen LogP contribution in [0.1, 0.15) is 18.1 Å². The van der Waals surface area contributed by atoms with Crippen molar-refractivity contribution >= 4 is 17.9 Å². The number of hydrogen-bond acceptors (Lipinski definition) is 2. The van der Waals surface area contributed by atoms with Gasteiger partial charge >= 0.3 is 0 Å². The average Bonchev–Trinajstić information content (AvgIpc) is 2.56. The monoisotopic (exact) mass is 292 g/mol. The number of carbonyl (C=O) groups is 1. The molecule has 2 aromatic carbocycles. The van der Waals surface area contributed by atoms with Gasteiger partial charge in [0.25, 0.3) is 0 Å². The Morgan fingerprint density at radius 2 is 1.50 bits per heavy atom. The molecule has 22 heavy (non-hydrogen) atoms. The molecule has 2 rings (SSSR count). The van der Waals surface area contributed by atoms with E-state index in [-0.39, 0.29) is 11.9 Å². The molecule has 0 saturated carbocycles. The second-order valence-corrected chi connectivity index (χ2v) is 4.99. The van der Waals surface area contributed by atoms with Crippen LogP contribution in [0.5, 0.6) is 0 Å². The minimum Gasteiger partial charge on any atom is -0.373 e. The summed E-state index contributed by atoms with van der Waals surface area (Å²) in [5.41, 5.74) is 2.70. The van der Waals surface area contributed by atoms with Crippen molar-refractivity contribution < 1.29 is 9.53 Å². The quantitative estimate of drug-likeness (QED) is 0.738. The first-order chi connectivity index (χ1) is 10.7. The van der Waals surface area contributed by atoms with E-state index in [1.54, 1.807) is 14.0 Å². The third-order valence-electron chi connectivity index (χ3n) is 3.35. The maximum Gasteiger partial charge on any atom is 0.158 e. The molecule has 0 N–H and O–H groups in total. The molecule has 2 aromatic rings. The van der Waals surface area contributed by atoms with E-state index in [4.69, 9.17) is 4.74 Å². The molecule has 0 heterocycles. The van der Waals surface area contributed by atoms with Crippen LogP contribution in [-0.2, 0) is 9.53 Å². The van der Waals surface area contributed by atoms with Gasteiger partial charge in [0.1, 0.15) is 6.10 Å². The molecular weight excluding hydrogens is 272 g/mol. The van der Waals surface area contributed by atoms with Crippen LogP contribution in [0.2, 0.25) is 0 Å². The Balaban J connectivity index is 2.27. The van der Waals surface area contributed by atoms with Gasteiger partial charge in [-0.15, -0.1) is 0 Å². The van der Waals surface area contributed by atoms with E-state index < -0.39 is 0 Å². The fourth-order valence-electron chi connectivity index (χ4n) is 2.18. The van der Waals surface area contributed by atoms with E-state index in [0.29, 0.717) is 5.57 Å². The molecule has 0 amide bonds. The van der Waals surface area contributed by atoms with Gasteiger partial charge in [-0.05, 0) is 24.1 Å². The summed E-state index contributed by atoms with van der Waals surface area (Å²) in [5, 5.41) is 0. The molecule has 0 aliphatic carbocycles. The maximum atomic E-state index is 12.0. The third kappa shape index (κ3) is 4.54. The molecule has 0 spiro atoms. The maximum absolute atomic E-state index is 12.0. The molecule has 112 valence electrons. The van der Waals surface area contributed by atoms with Crippen molar-refractivity contribution in [2.24, 2.45) is 0 Å². The normalized spacial score (nSPS) is 13.3. The fourth-order valence-corrected chi connectivity index (χ4v) is 2.18. The van der Waals surface area contributed by atoms with Crippen molar-refractivity contribution in [3.05, 3.63) is 83.4 Å². The summed E-state index contributed by atoms with van der Waals surface area (Å²) >= 11 is 0. The lowest BCUT2D eigenvalue weighted by molar-refractivity contribution is -0.114. The van der Waals surface area contributed by atoms with Gasteiger partial charge in [-0.2, -0.15) is 0 Å². The smallest absolute Gasteiger partial charge is 0.158 e. The first kappa shape index (κ1) is 15.9. The molecule has 0 aliphatic heterocycles. The highest BCUT2D eigenvalue weighted by Gasteiger charge is 2.14. The lowest BCUT2D eigenvalue weighted by atomic mass is 10.0. The van der Waals surface area contributed by atoms with E-state index in [1.165, 1.54) is 0 Å². The number of hydrogen-bond donors (Lipinski definition) is 0. The number of carbonyl (C=O) groups excluding carboxylic acids is 1. The van der Waals surface area contributed by atoms with Crippen LogP contribution in [0, 0.1) is 0 Å². The second-order valence-electron chi connectivity index (χ2n) is 4.99. The van der Waals surface area contributed by atoms with Gasteiger partial charge in [0.15, 0.2) is 5.78 Å². The van der Waals surface area contributed by atoms with Gasteiger partial charge < -0.3 is 4.74 Å². The number of rotatable bonds is 6. The van der Waals surface area contributed by atoms with Crippen molar-refractivity contribution in [2.45, 2.75) is 13.0 Å². The van der Waals surface area contributed by atoms with Crippen molar-refractivity contribution in [1.29, 1.82) is 0 Å². The highest BCUT2D eigenvalue weighted by Crippen LogP contribution is 2.16. The standard InChI is InChI=1S/C20H20O2/c1-16(21)19(15-18-11-7-4-8-12-18)20(22-2)14-13-17-9-5-3-6-10-17/h3-15,20H,1-2H3/b14-13+,19-15-. The summed E-state index contributed by atoms with van der Waals surface area (Å²) in [5.74, 6) is 0.00779. The summed E-state index contributed by atoms with van der Waals surface area (Å²) < 4.78 is 5.49. The molecule has 2 heteroatoms. The Morgan fingerprint density at radius 1 is 0.955 bits per heavy atom. The molecule has 0 saturated heterocycles. The van der Waals surface area contributed by atoms with Gasteiger partial charge in [0.2, 0.25) is 0 Å². The van der Waals surface area contributed by atoms with Crippen LogP contribution in [0.4, 0.5) is 0 Å². The summed E-state index contributed by atoms with van der Waals surface area (Å²) in [6, 6.07) is 19.7. The van der Waals surface area contributed by atoms with Gasteiger partial charge in [-0.1, -0.05) is 72.8 Å². The van der Waals surface area contributed by atoms with Gasteiger partial charge in [-0.25, -0.2) is 0 Å². The summed E-state index contributed by atoms with van der Waals surface area (Å²) in [6.07, 6.45) is 5.39. The predicted octanol–water partition coefficient (Wildman–Crippen LogP) is 4.39. The molecule has 0 aromatic heterocycles. The molecule has 0 bridgehead atoms. The van der Waals surface area contributed by atoms with Crippen LogP contribution in [0.25, 0.3) is 12.2 Å². The van der Waals surface area contributed by atoms with Crippen LogP contribution in [0.15, 0.2) is 72.3 Å². The molecule has 0 aliphatic rings. The van der Waals surface area contributed by atoms with Crippen LogP contribution in [0.3, 0.4) is 0 Å². The lowest BCUT2D eigenvalue weighted by Gasteiger charge is -2.13. The highest BCUT2D eigenvalue weighted by molar-refractivity contribution is 5.99. The van der Waals surface area contributed by atoms with Gasteiger partial charge in [-0.3, -0.25) is 4.79 Å². The molecule has 0 fully saturated rings. The number of benzene rings is 2. The fraction of sp³-hybridized carbons (Fsp3) is 0.150. The van der Waals surface area contributed by atoms with Crippen LogP contribution < -0.4 is 0 Å². The summed E-state index contributed by atoms with van der Waals surface area (Å²) in [4.78, 5) is 12.0. The SMILES string of the molecule is COC(/C=C/c1ccccc1)/C(=C\c1ccccc1)C(C)=O. The first-order valence-corrected chi connectivity index (χ1v) is 7.24. The van der Waals surface area contributed by atoms with E-state index >= 15 is 0 Å². The number of Topliss-reactive ketones (excluding diaryl/α,β-unsaturated/α-hetero) is 1. The predicted molar refractivity (Wildman–Crippen MR) is 91.4 cm³/mol. The lowest BCUT2D eigenvalue weighted by Crippen LogP contribution is -2.16. The van der Waals surface area contributed by atoms with E-state index in [9.17, 15) is 4.79 Å². The van der Waals surface area contributed by atoms with Gasteiger partial charge in [0.05, 0.1) is 0 Å². The van der Waals surface area contributed by atoms with Crippen molar-refractivity contribution in [2.75, 3.05) is 7.11 Å². The minimum atomic E-state index is -0.363. The molecule has 1 unspecified atom stereocenters. The summed E-state index contributed by atoms with van der Waals surface area (Å²) in [7, 11) is 1.61. The van der Waals surface area contributed by atoms with Crippen molar-refractivity contribution in [1.82, 2.24) is 0 Å². The zero-order valence-electron chi connectivity index (χ0n) is 12.9. The minimum absolute atomic E-state index is 0.00779. The Labute approximate surface area is 131 Å². The average molecular weight is 292 g/mol. The largest absolute Gasteiger partial charge is 0.373 e. The van der Waals surface area contributed by atoms with Crippen molar-refractivity contribution in [3.63, 3.8) is 0 Å². The third-order valence-corrected chi connectivity index (χ3v) is 3.35. The topological polar surface area (TPSA) is 26.3 Å². The Hall–Kier alpha value is -2.45. The zero-order valence-corrected chi connectivity index (χ0v) is 12.9. The Bertz CT molecular complexity index is 655. The molecule has 1 atom stereocenters. The van der Waals surface area contributed by atoms with E-state index in [1.807, 2.05) is 78.9 Å². The molecule has 0 radical (unpaired) electrons.